The van der Waals surface area contributed by atoms with Crippen LogP contribution in [-0.2, 0) is 25.7 Å². The molecule has 1 amide bonds. The van der Waals surface area contributed by atoms with Crippen molar-refractivity contribution < 1.29 is 43.9 Å². The largest absolute Gasteiger partial charge is 0.470 e. The zero-order valence-electron chi connectivity index (χ0n) is 14.3. The van der Waals surface area contributed by atoms with E-state index >= 15 is 0 Å². The van der Waals surface area contributed by atoms with E-state index in [1.807, 2.05) is 0 Å². The van der Waals surface area contributed by atoms with E-state index in [0.717, 1.165) is 0 Å². The molecule has 1 heterocycles. The molecule has 10 nitrogen and oxygen atoms in total. The lowest BCUT2D eigenvalue weighted by atomic mass is 10.00. The minimum absolute atomic E-state index is 0.0466. The van der Waals surface area contributed by atoms with E-state index in [4.69, 9.17) is 17.3 Å². The highest BCUT2D eigenvalue weighted by Gasteiger charge is 2.45. The fourth-order valence-corrected chi connectivity index (χ4v) is 2.42. The van der Waals surface area contributed by atoms with Crippen LogP contribution in [0.2, 0.25) is 0 Å². The molecule has 1 fully saturated rings. The van der Waals surface area contributed by atoms with Crippen LogP contribution in [0.15, 0.2) is 18.2 Å². The van der Waals surface area contributed by atoms with Crippen LogP contribution in [0.1, 0.15) is 12.5 Å². The van der Waals surface area contributed by atoms with Gasteiger partial charge in [-0.15, -0.1) is 0 Å². The maximum absolute atomic E-state index is 11.4. The number of aliphatic hydroxyl groups excluding tert-OH is 3. The molecule has 0 bridgehead atoms. The highest BCUT2D eigenvalue weighted by atomic mass is 16.7. The highest BCUT2D eigenvalue weighted by Crippen LogP contribution is 2.30. The van der Waals surface area contributed by atoms with Crippen molar-refractivity contribution in [2.75, 3.05) is 5.32 Å². The van der Waals surface area contributed by atoms with Gasteiger partial charge in [0.1, 0.15) is 36.8 Å². The van der Waals surface area contributed by atoms with Gasteiger partial charge in [-0.2, -0.15) is 0 Å². The second kappa shape index (κ2) is 8.95. The SMILES string of the molecule is [B]C(=O)OCc1ccc(OC2OC(C=O)[C@@H](O)C(O)[C@H]2O)c(NC(C)=O)c1. The van der Waals surface area contributed by atoms with Crippen molar-refractivity contribution in [1.29, 1.82) is 0 Å². The van der Waals surface area contributed by atoms with Crippen LogP contribution in [0.25, 0.3) is 0 Å². The average Bonchev–Trinajstić information content (AvgIpc) is 2.61. The number of aliphatic hydroxyl groups is 3. The van der Waals surface area contributed by atoms with Gasteiger partial charge in [-0.05, 0) is 17.7 Å². The van der Waals surface area contributed by atoms with E-state index in [1.165, 1.54) is 25.1 Å². The number of hydrogen-bond acceptors (Lipinski definition) is 9. The normalized spacial score (nSPS) is 27.5. The standard InChI is InChI=1S/C16H18BNO9/c1-7(20)18-9-4-8(6-25-16(17)24)2-3-10(9)26-15-14(23)13(22)12(21)11(5-19)27-15/h2-5,11-15,21-23H,6H2,1H3,(H,18,20)/t11?,12-,13?,14-,15?/m1/s1. The summed E-state index contributed by atoms with van der Waals surface area (Å²) in [6, 6.07) is 4.34. The molecule has 1 aromatic carbocycles. The molecule has 27 heavy (non-hydrogen) atoms. The van der Waals surface area contributed by atoms with Gasteiger partial charge in [0, 0.05) is 6.92 Å². The number of benzene rings is 1. The van der Waals surface area contributed by atoms with E-state index in [-0.39, 0.29) is 24.3 Å². The summed E-state index contributed by atoms with van der Waals surface area (Å²) in [6.45, 7) is 1.10. The minimum atomic E-state index is -1.67. The Hall–Kier alpha value is -2.47. The van der Waals surface area contributed by atoms with Crippen molar-refractivity contribution in [1.82, 2.24) is 0 Å². The molecule has 1 aromatic rings. The first-order chi connectivity index (χ1) is 12.7. The van der Waals surface area contributed by atoms with Crippen LogP contribution in [0, 0.1) is 0 Å². The number of rotatable bonds is 6. The molecule has 0 saturated carbocycles. The zero-order valence-corrected chi connectivity index (χ0v) is 14.3. The van der Waals surface area contributed by atoms with Crippen LogP contribution in [0.4, 0.5) is 10.5 Å². The summed E-state index contributed by atoms with van der Waals surface area (Å²) < 4.78 is 15.3. The molecule has 5 atom stereocenters. The fourth-order valence-electron chi connectivity index (χ4n) is 2.42. The number of amides is 1. The van der Waals surface area contributed by atoms with E-state index < -0.39 is 42.5 Å². The quantitative estimate of drug-likeness (QED) is 0.354. The lowest BCUT2D eigenvalue weighted by molar-refractivity contribution is -0.263. The van der Waals surface area contributed by atoms with Gasteiger partial charge in [-0.1, -0.05) is 6.07 Å². The summed E-state index contributed by atoms with van der Waals surface area (Å²) >= 11 is 0. The number of carbonyl (C=O) groups excluding carboxylic acids is 3. The topological polar surface area (TPSA) is 152 Å². The molecule has 2 radical (unpaired) electrons. The summed E-state index contributed by atoms with van der Waals surface area (Å²) in [4.78, 5) is 33.1. The van der Waals surface area contributed by atoms with Gasteiger partial charge in [0.2, 0.25) is 25.9 Å². The Kier molecular flexibility index (Phi) is 6.91. The average molecular weight is 379 g/mol. The van der Waals surface area contributed by atoms with Gasteiger partial charge >= 0.3 is 0 Å². The molecule has 2 rings (SSSR count). The predicted octanol–water partition coefficient (Wildman–Crippen LogP) is -1.16. The first kappa shape index (κ1) is 20.8. The number of carbonyl (C=O) groups is 3. The Balaban J connectivity index is 2.24. The molecule has 0 spiro atoms. The van der Waals surface area contributed by atoms with Gasteiger partial charge in [-0.25, -0.2) is 0 Å². The van der Waals surface area contributed by atoms with Crippen molar-refractivity contribution in [3.63, 3.8) is 0 Å². The number of anilines is 1. The smallest absolute Gasteiger partial charge is 0.236 e. The maximum Gasteiger partial charge on any atom is 0.236 e. The van der Waals surface area contributed by atoms with E-state index in [9.17, 15) is 29.7 Å². The monoisotopic (exact) mass is 379 g/mol. The molecule has 0 aromatic heterocycles. The van der Waals surface area contributed by atoms with Gasteiger partial charge in [0.25, 0.3) is 0 Å². The Labute approximate surface area is 155 Å². The van der Waals surface area contributed by atoms with Crippen LogP contribution in [0.5, 0.6) is 5.75 Å². The van der Waals surface area contributed by atoms with Crippen molar-refractivity contribution in [2.24, 2.45) is 0 Å². The lowest BCUT2D eigenvalue weighted by Crippen LogP contribution is -2.59. The summed E-state index contributed by atoms with van der Waals surface area (Å²) in [5.74, 6) is -1.35. The number of hydrogen-bond donors (Lipinski definition) is 4. The molecular formula is C16H18BNO9. The second-order valence-corrected chi connectivity index (χ2v) is 5.81. The third kappa shape index (κ3) is 5.26. The van der Waals surface area contributed by atoms with Crippen LogP contribution >= 0.6 is 0 Å². The predicted molar refractivity (Wildman–Crippen MR) is 90.1 cm³/mol. The Bertz CT molecular complexity index is 713. The first-order valence-corrected chi connectivity index (χ1v) is 7.87. The Morgan fingerprint density at radius 1 is 1.26 bits per heavy atom. The Morgan fingerprint density at radius 2 is 1.96 bits per heavy atom. The number of aldehydes is 1. The van der Waals surface area contributed by atoms with Crippen LogP contribution in [0.3, 0.4) is 0 Å². The van der Waals surface area contributed by atoms with Gasteiger partial charge < -0.3 is 39.6 Å². The van der Waals surface area contributed by atoms with Gasteiger partial charge in [-0.3, -0.25) is 9.59 Å². The molecule has 0 aliphatic carbocycles. The van der Waals surface area contributed by atoms with Gasteiger partial charge in [0.05, 0.1) is 5.69 Å². The van der Waals surface area contributed by atoms with E-state index in [2.05, 4.69) is 10.1 Å². The summed E-state index contributed by atoms with van der Waals surface area (Å²) in [5.41, 5.74) is 0.642. The molecule has 1 saturated heterocycles. The molecule has 144 valence electrons. The fraction of sp³-hybridized carbons (Fsp3) is 0.438. The molecule has 3 unspecified atom stereocenters. The summed E-state index contributed by atoms with van der Waals surface area (Å²) in [6.07, 6.45) is -7.55. The van der Waals surface area contributed by atoms with Crippen molar-refractivity contribution in [3.8, 4) is 5.75 Å². The van der Waals surface area contributed by atoms with Crippen molar-refractivity contribution in [3.05, 3.63) is 23.8 Å². The van der Waals surface area contributed by atoms with Crippen LogP contribution < -0.4 is 10.1 Å². The summed E-state index contributed by atoms with van der Waals surface area (Å²) in [5, 5.41) is 32.0. The van der Waals surface area contributed by atoms with E-state index in [1.54, 1.807) is 0 Å². The molecule has 1 aliphatic rings. The highest BCUT2D eigenvalue weighted by molar-refractivity contribution is 6.55. The minimum Gasteiger partial charge on any atom is -0.470 e. The lowest BCUT2D eigenvalue weighted by Gasteiger charge is -2.38. The molecular weight excluding hydrogens is 361 g/mol. The molecule has 4 N–H and O–H groups in total. The zero-order chi connectivity index (χ0) is 20.1. The van der Waals surface area contributed by atoms with Crippen LogP contribution in [-0.4, -0.2) is 71.9 Å². The third-order valence-electron chi connectivity index (χ3n) is 3.72. The number of ether oxygens (including phenoxy) is 3. The first-order valence-electron chi connectivity index (χ1n) is 7.87. The van der Waals surface area contributed by atoms with Gasteiger partial charge in [0.15, 0.2) is 6.29 Å². The molecule has 1 aliphatic heterocycles. The third-order valence-corrected chi connectivity index (χ3v) is 3.72. The second-order valence-electron chi connectivity index (χ2n) is 5.81. The maximum atomic E-state index is 11.4. The van der Waals surface area contributed by atoms with E-state index in [0.29, 0.717) is 5.56 Å². The number of nitrogens with one attached hydrogen (secondary N) is 1. The van der Waals surface area contributed by atoms with Crippen molar-refractivity contribution >= 4 is 31.6 Å². The summed E-state index contributed by atoms with van der Waals surface area (Å²) in [7, 11) is 4.91. The molecule has 11 heteroatoms. The Morgan fingerprint density at radius 3 is 2.56 bits per heavy atom. The van der Waals surface area contributed by atoms with Crippen molar-refractivity contribution in [2.45, 2.75) is 44.2 Å².